The van der Waals surface area contributed by atoms with Gasteiger partial charge in [0.1, 0.15) is 0 Å². The Morgan fingerprint density at radius 3 is 2.31 bits per heavy atom. The third-order valence-corrected chi connectivity index (χ3v) is 6.54. The van der Waals surface area contributed by atoms with Crippen molar-refractivity contribution in [3.05, 3.63) is 41.4 Å². The third-order valence-electron chi connectivity index (χ3n) is 5.71. The minimum atomic E-state index is -0.104. The van der Waals surface area contributed by atoms with Gasteiger partial charge in [-0.15, -0.1) is 11.3 Å². The molecule has 8 heteroatoms. The number of amides is 3. The average molecular weight is 414 g/mol. The minimum Gasteiger partial charge on any atom is -0.345 e. The second kappa shape index (κ2) is 8.82. The lowest BCUT2D eigenvalue weighted by atomic mass is 9.98. The van der Waals surface area contributed by atoms with Crippen molar-refractivity contribution >= 4 is 34.1 Å². The minimum absolute atomic E-state index is 0.0769. The molecule has 4 rings (SSSR count). The molecule has 3 heterocycles. The van der Waals surface area contributed by atoms with Crippen molar-refractivity contribution in [2.24, 2.45) is 5.92 Å². The van der Waals surface area contributed by atoms with Gasteiger partial charge in [0.15, 0.2) is 5.13 Å². The number of nitrogens with one attached hydrogen (secondary N) is 1. The molecule has 7 nitrogen and oxygen atoms in total. The highest BCUT2D eigenvalue weighted by Gasteiger charge is 2.23. The monoisotopic (exact) mass is 413 g/mol. The van der Waals surface area contributed by atoms with Crippen molar-refractivity contribution in [2.75, 3.05) is 49.5 Å². The van der Waals surface area contributed by atoms with E-state index in [1.165, 1.54) is 0 Å². The number of carbonyl (C=O) groups excluding carboxylic acids is 2. The molecule has 0 spiro atoms. The summed E-state index contributed by atoms with van der Waals surface area (Å²) in [6, 6.07) is 7.12. The number of likely N-dealkylation sites (tertiary alicyclic amines) is 1. The molecular formula is C21H27N5O2S. The number of nitrogens with zero attached hydrogens (tertiary/aromatic N) is 4. The van der Waals surface area contributed by atoms with Crippen LogP contribution in [0.2, 0.25) is 0 Å². The highest BCUT2D eigenvalue weighted by molar-refractivity contribution is 7.13. The van der Waals surface area contributed by atoms with Gasteiger partial charge in [-0.05, 0) is 43.0 Å². The SMILES string of the molecule is CC1CCN(C(=O)c2ccc(NC(=O)N3CCN(c4nccs4)CC3)cc2)CC1. The topological polar surface area (TPSA) is 68.8 Å². The lowest BCUT2D eigenvalue weighted by molar-refractivity contribution is 0.0697. The number of anilines is 2. The van der Waals surface area contributed by atoms with E-state index in [4.69, 9.17) is 0 Å². The van der Waals surface area contributed by atoms with E-state index in [0.29, 0.717) is 30.3 Å². The number of benzene rings is 1. The van der Waals surface area contributed by atoms with Crippen molar-refractivity contribution in [3.63, 3.8) is 0 Å². The molecule has 1 aromatic heterocycles. The van der Waals surface area contributed by atoms with Crippen molar-refractivity contribution in [2.45, 2.75) is 19.8 Å². The Bertz CT molecular complexity index is 823. The van der Waals surface area contributed by atoms with Crippen LogP contribution in [-0.2, 0) is 0 Å². The molecule has 29 heavy (non-hydrogen) atoms. The highest BCUT2D eigenvalue weighted by atomic mass is 32.1. The third kappa shape index (κ3) is 4.70. The van der Waals surface area contributed by atoms with E-state index in [9.17, 15) is 9.59 Å². The zero-order valence-electron chi connectivity index (χ0n) is 16.7. The van der Waals surface area contributed by atoms with E-state index in [1.807, 2.05) is 27.3 Å². The van der Waals surface area contributed by atoms with E-state index < -0.39 is 0 Å². The van der Waals surface area contributed by atoms with Gasteiger partial charge in [-0.3, -0.25) is 4.79 Å². The standard InChI is InChI=1S/C21H27N5O2S/c1-16-6-9-24(10-7-16)19(27)17-2-4-18(5-3-17)23-20(28)25-11-13-26(14-12-25)21-22-8-15-29-21/h2-5,8,15-16H,6-7,9-14H2,1H3,(H,23,28). The van der Waals surface area contributed by atoms with E-state index >= 15 is 0 Å². The smallest absolute Gasteiger partial charge is 0.321 e. The molecule has 0 atom stereocenters. The maximum atomic E-state index is 12.6. The zero-order valence-corrected chi connectivity index (χ0v) is 17.5. The summed E-state index contributed by atoms with van der Waals surface area (Å²) < 4.78 is 0. The van der Waals surface area contributed by atoms with Gasteiger partial charge in [0.05, 0.1) is 0 Å². The molecule has 1 aromatic carbocycles. The molecule has 2 aliphatic heterocycles. The van der Waals surface area contributed by atoms with Crippen LogP contribution in [0.25, 0.3) is 0 Å². The summed E-state index contributed by atoms with van der Waals surface area (Å²) in [6.07, 6.45) is 3.94. The van der Waals surface area contributed by atoms with Crippen LogP contribution in [0.3, 0.4) is 0 Å². The Morgan fingerprint density at radius 1 is 1.00 bits per heavy atom. The first-order valence-corrected chi connectivity index (χ1v) is 11.1. The van der Waals surface area contributed by atoms with Gasteiger partial charge < -0.3 is 20.0 Å². The van der Waals surface area contributed by atoms with Crippen LogP contribution < -0.4 is 10.2 Å². The quantitative estimate of drug-likeness (QED) is 0.838. The predicted octanol–water partition coefficient (Wildman–Crippen LogP) is 3.37. The fraction of sp³-hybridized carbons (Fsp3) is 0.476. The molecular weight excluding hydrogens is 386 g/mol. The van der Waals surface area contributed by atoms with E-state index in [0.717, 1.165) is 44.2 Å². The first-order valence-electron chi connectivity index (χ1n) is 10.2. The highest BCUT2D eigenvalue weighted by Crippen LogP contribution is 2.21. The van der Waals surface area contributed by atoms with Crippen molar-refractivity contribution in [1.29, 1.82) is 0 Å². The van der Waals surface area contributed by atoms with Crippen molar-refractivity contribution in [1.82, 2.24) is 14.8 Å². The maximum absolute atomic E-state index is 12.6. The fourth-order valence-corrected chi connectivity index (χ4v) is 4.46. The van der Waals surface area contributed by atoms with Crippen LogP contribution in [0, 0.1) is 5.92 Å². The lowest BCUT2D eigenvalue weighted by Crippen LogP contribution is -2.50. The Balaban J connectivity index is 1.28. The zero-order chi connectivity index (χ0) is 20.2. The first kappa shape index (κ1) is 19.7. The van der Waals surface area contributed by atoms with Gasteiger partial charge >= 0.3 is 6.03 Å². The summed E-state index contributed by atoms with van der Waals surface area (Å²) in [4.78, 5) is 35.5. The number of hydrogen-bond donors (Lipinski definition) is 1. The summed E-state index contributed by atoms with van der Waals surface area (Å²) in [5.41, 5.74) is 1.38. The number of piperidine rings is 1. The summed E-state index contributed by atoms with van der Waals surface area (Å²) in [5.74, 6) is 0.771. The van der Waals surface area contributed by atoms with Gasteiger partial charge in [0.25, 0.3) is 5.91 Å². The molecule has 2 saturated heterocycles. The molecule has 3 amide bonds. The lowest BCUT2D eigenvalue weighted by Gasteiger charge is -2.34. The van der Waals surface area contributed by atoms with Gasteiger partial charge in [-0.2, -0.15) is 0 Å². The number of aromatic nitrogens is 1. The van der Waals surface area contributed by atoms with Crippen LogP contribution in [0.1, 0.15) is 30.1 Å². The first-order chi connectivity index (χ1) is 14.1. The predicted molar refractivity (Wildman–Crippen MR) is 116 cm³/mol. The van der Waals surface area contributed by atoms with Crippen molar-refractivity contribution in [3.8, 4) is 0 Å². The molecule has 154 valence electrons. The van der Waals surface area contributed by atoms with Crippen LogP contribution in [-0.4, -0.2) is 66.0 Å². The summed E-state index contributed by atoms with van der Waals surface area (Å²) in [7, 11) is 0. The second-order valence-corrected chi connectivity index (χ2v) is 8.64. The normalized spacial score (nSPS) is 18.0. The summed E-state index contributed by atoms with van der Waals surface area (Å²) in [6.45, 7) is 6.77. The van der Waals surface area contributed by atoms with Crippen LogP contribution in [0.5, 0.6) is 0 Å². The molecule has 0 saturated carbocycles. The van der Waals surface area contributed by atoms with Crippen LogP contribution in [0.15, 0.2) is 35.8 Å². The fourth-order valence-electron chi connectivity index (χ4n) is 3.77. The Morgan fingerprint density at radius 2 is 1.69 bits per heavy atom. The maximum Gasteiger partial charge on any atom is 0.321 e. The molecule has 0 unspecified atom stereocenters. The van der Waals surface area contributed by atoms with E-state index in [-0.39, 0.29) is 11.9 Å². The van der Waals surface area contributed by atoms with E-state index in [1.54, 1.807) is 29.7 Å². The molecule has 0 radical (unpaired) electrons. The summed E-state index contributed by atoms with van der Waals surface area (Å²) >= 11 is 1.62. The molecule has 2 fully saturated rings. The number of thiazole rings is 1. The number of rotatable bonds is 3. The number of urea groups is 1. The summed E-state index contributed by atoms with van der Waals surface area (Å²) in [5, 5.41) is 5.92. The van der Waals surface area contributed by atoms with E-state index in [2.05, 4.69) is 22.1 Å². The Labute approximate surface area is 175 Å². The van der Waals surface area contributed by atoms with Gasteiger partial charge in [-0.1, -0.05) is 6.92 Å². The average Bonchev–Trinajstić information content (AvgIpc) is 3.29. The van der Waals surface area contributed by atoms with Crippen molar-refractivity contribution < 1.29 is 9.59 Å². The number of hydrogen-bond acceptors (Lipinski definition) is 5. The molecule has 0 bridgehead atoms. The van der Waals surface area contributed by atoms with Crippen LogP contribution >= 0.6 is 11.3 Å². The van der Waals surface area contributed by atoms with Gasteiger partial charge in [0, 0.05) is 62.1 Å². The number of piperazine rings is 1. The Hall–Kier alpha value is -2.61. The second-order valence-electron chi connectivity index (χ2n) is 7.77. The molecule has 1 N–H and O–H groups in total. The van der Waals surface area contributed by atoms with Gasteiger partial charge in [0.2, 0.25) is 0 Å². The van der Waals surface area contributed by atoms with Crippen LogP contribution in [0.4, 0.5) is 15.6 Å². The molecule has 0 aliphatic carbocycles. The number of carbonyl (C=O) groups is 2. The molecule has 2 aliphatic rings. The Kier molecular flexibility index (Phi) is 5.99. The molecule has 2 aromatic rings. The largest absolute Gasteiger partial charge is 0.345 e. The van der Waals surface area contributed by atoms with Gasteiger partial charge in [-0.25, -0.2) is 9.78 Å².